The molecule has 0 fully saturated rings. The molecule has 0 heterocycles. The second-order valence-electron chi connectivity index (χ2n) is 4.95. The SMILES string of the molecule is O=C(NC(=S)c1cccc2ccccc12)Nc1cccc(Br)c1. The summed E-state index contributed by atoms with van der Waals surface area (Å²) in [5.74, 6) is 0. The first-order valence-electron chi connectivity index (χ1n) is 6.99. The summed E-state index contributed by atoms with van der Waals surface area (Å²) >= 11 is 8.75. The van der Waals surface area contributed by atoms with Crippen LogP contribution in [-0.4, -0.2) is 11.0 Å². The zero-order valence-electron chi connectivity index (χ0n) is 12.0. The van der Waals surface area contributed by atoms with Crippen LogP contribution >= 0.6 is 28.1 Å². The van der Waals surface area contributed by atoms with Gasteiger partial charge in [-0.3, -0.25) is 5.32 Å². The largest absolute Gasteiger partial charge is 0.324 e. The van der Waals surface area contributed by atoms with E-state index >= 15 is 0 Å². The standard InChI is InChI=1S/C18H13BrN2OS/c19-13-7-4-8-14(11-13)20-18(22)21-17(23)16-10-3-6-12-5-1-2-9-15(12)16/h1-11H,(H2,20,21,22,23). The Morgan fingerprint density at radius 3 is 2.52 bits per heavy atom. The van der Waals surface area contributed by atoms with Crippen LogP contribution in [0.5, 0.6) is 0 Å². The molecule has 0 aliphatic carbocycles. The van der Waals surface area contributed by atoms with Crippen molar-refractivity contribution < 1.29 is 4.79 Å². The van der Waals surface area contributed by atoms with Gasteiger partial charge in [0.05, 0.1) is 0 Å². The highest BCUT2D eigenvalue weighted by Gasteiger charge is 2.10. The molecule has 3 aromatic carbocycles. The summed E-state index contributed by atoms with van der Waals surface area (Å²) in [6, 6.07) is 20.8. The van der Waals surface area contributed by atoms with Crippen molar-refractivity contribution >= 4 is 55.6 Å². The first-order chi connectivity index (χ1) is 11.1. The van der Waals surface area contributed by atoms with Gasteiger partial charge in [0.1, 0.15) is 4.99 Å². The van der Waals surface area contributed by atoms with Gasteiger partial charge in [0, 0.05) is 15.7 Å². The third-order valence-electron chi connectivity index (χ3n) is 3.34. The Morgan fingerprint density at radius 2 is 1.70 bits per heavy atom. The summed E-state index contributed by atoms with van der Waals surface area (Å²) in [5, 5.41) is 7.59. The minimum absolute atomic E-state index is 0.360. The van der Waals surface area contributed by atoms with E-state index in [1.165, 1.54) is 0 Å². The van der Waals surface area contributed by atoms with Crippen LogP contribution in [0.2, 0.25) is 0 Å². The van der Waals surface area contributed by atoms with E-state index in [4.69, 9.17) is 12.2 Å². The first kappa shape index (κ1) is 15.6. The molecular formula is C18H13BrN2OS. The minimum Gasteiger partial charge on any atom is -0.308 e. The molecule has 0 saturated heterocycles. The van der Waals surface area contributed by atoms with E-state index in [1.54, 1.807) is 0 Å². The predicted molar refractivity (Wildman–Crippen MR) is 102 cm³/mol. The van der Waals surface area contributed by atoms with Gasteiger partial charge in [-0.2, -0.15) is 0 Å². The molecule has 5 heteroatoms. The number of halogens is 1. The summed E-state index contributed by atoms with van der Waals surface area (Å²) < 4.78 is 0.895. The van der Waals surface area contributed by atoms with Crippen LogP contribution in [0.15, 0.2) is 71.2 Å². The molecule has 2 N–H and O–H groups in total. The van der Waals surface area contributed by atoms with E-state index in [2.05, 4.69) is 26.6 Å². The van der Waals surface area contributed by atoms with Crippen molar-refractivity contribution in [2.75, 3.05) is 5.32 Å². The lowest BCUT2D eigenvalue weighted by Gasteiger charge is -2.11. The fourth-order valence-corrected chi connectivity index (χ4v) is 2.99. The maximum absolute atomic E-state index is 12.1. The highest BCUT2D eigenvalue weighted by Crippen LogP contribution is 2.19. The Morgan fingerprint density at radius 1 is 0.957 bits per heavy atom. The highest BCUT2D eigenvalue weighted by molar-refractivity contribution is 9.10. The first-order valence-corrected chi connectivity index (χ1v) is 8.19. The van der Waals surface area contributed by atoms with E-state index in [0.717, 1.165) is 20.8 Å². The van der Waals surface area contributed by atoms with Gasteiger partial charge in [0.2, 0.25) is 0 Å². The molecule has 0 aromatic heterocycles. The van der Waals surface area contributed by atoms with Gasteiger partial charge in [0.15, 0.2) is 0 Å². The van der Waals surface area contributed by atoms with Crippen LogP contribution in [0.4, 0.5) is 10.5 Å². The van der Waals surface area contributed by atoms with E-state index in [9.17, 15) is 4.79 Å². The molecule has 0 saturated carbocycles. The van der Waals surface area contributed by atoms with Crippen LogP contribution in [-0.2, 0) is 0 Å². The normalized spacial score (nSPS) is 10.3. The lowest BCUT2D eigenvalue weighted by molar-refractivity contribution is 0.256. The summed E-state index contributed by atoms with van der Waals surface area (Å²) in [7, 11) is 0. The smallest absolute Gasteiger partial charge is 0.308 e. The monoisotopic (exact) mass is 384 g/mol. The van der Waals surface area contributed by atoms with Crippen LogP contribution in [0.25, 0.3) is 10.8 Å². The molecule has 0 radical (unpaired) electrons. The Hall–Kier alpha value is -2.24. The Bertz CT molecular complexity index is 890. The van der Waals surface area contributed by atoms with Crippen molar-refractivity contribution in [2.45, 2.75) is 0 Å². The second-order valence-corrected chi connectivity index (χ2v) is 6.27. The molecule has 0 atom stereocenters. The molecule has 114 valence electrons. The van der Waals surface area contributed by atoms with Crippen LogP contribution in [0.1, 0.15) is 5.56 Å². The number of nitrogens with one attached hydrogen (secondary N) is 2. The van der Waals surface area contributed by atoms with Crippen LogP contribution in [0.3, 0.4) is 0 Å². The molecule has 0 spiro atoms. The summed E-state index contributed by atoms with van der Waals surface area (Å²) in [6.07, 6.45) is 0. The Kier molecular flexibility index (Phi) is 4.69. The van der Waals surface area contributed by atoms with Crippen molar-refractivity contribution in [3.8, 4) is 0 Å². The average molecular weight is 385 g/mol. The minimum atomic E-state index is -0.360. The number of urea groups is 1. The summed E-state index contributed by atoms with van der Waals surface area (Å²) in [5.41, 5.74) is 1.53. The van der Waals surface area contributed by atoms with Crippen molar-refractivity contribution in [2.24, 2.45) is 0 Å². The van der Waals surface area contributed by atoms with Crippen molar-refractivity contribution in [1.82, 2.24) is 5.32 Å². The Balaban J connectivity index is 1.77. The van der Waals surface area contributed by atoms with Gasteiger partial charge in [0.25, 0.3) is 0 Å². The molecule has 0 aliphatic rings. The highest BCUT2D eigenvalue weighted by atomic mass is 79.9. The third-order valence-corrected chi connectivity index (χ3v) is 4.16. The fraction of sp³-hybridized carbons (Fsp3) is 0. The molecule has 2 amide bonds. The maximum Gasteiger partial charge on any atom is 0.324 e. The van der Waals surface area contributed by atoms with Gasteiger partial charge >= 0.3 is 6.03 Å². The quantitative estimate of drug-likeness (QED) is 0.603. The second kappa shape index (κ2) is 6.89. The number of thiocarbonyl (C=S) groups is 1. The number of amides is 2. The topological polar surface area (TPSA) is 41.1 Å². The lowest BCUT2D eigenvalue weighted by Crippen LogP contribution is -2.33. The zero-order valence-corrected chi connectivity index (χ0v) is 14.4. The van der Waals surface area contributed by atoms with E-state index in [0.29, 0.717) is 10.7 Å². The van der Waals surface area contributed by atoms with Crippen LogP contribution in [0, 0.1) is 0 Å². The number of carbonyl (C=O) groups excluding carboxylic acids is 1. The number of hydrogen-bond donors (Lipinski definition) is 2. The molecule has 3 rings (SSSR count). The molecule has 3 nitrogen and oxygen atoms in total. The van der Waals surface area contributed by atoms with Crippen molar-refractivity contribution in [3.63, 3.8) is 0 Å². The molecule has 3 aromatic rings. The van der Waals surface area contributed by atoms with Crippen molar-refractivity contribution in [1.29, 1.82) is 0 Å². The van der Waals surface area contributed by atoms with Gasteiger partial charge in [-0.1, -0.05) is 76.7 Å². The summed E-state index contributed by atoms with van der Waals surface area (Å²) in [4.78, 5) is 12.5. The van der Waals surface area contributed by atoms with Gasteiger partial charge in [-0.05, 0) is 29.0 Å². The predicted octanol–water partition coefficient (Wildman–Crippen LogP) is 5.10. The number of hydrogen-bond acceptors (Lipinski definition) is 2. The lowest BCUT2D eigenvalue weighted by atomic mass is 10.0. The molecule has 0 aliphatic heterocycles. The number of carbonyl (C=O) groups is 1. The zero-order chi connectivity index (χ0) is 16.2. The van der Waals surface area contributed by atoms with E-state index in [-0.39, 0.29) is 6.03 Å². The number of anilines is 1. The Labute approximate surface area is 147 Å². The fourth-order valence-electron chi connectivity index (χ4n) is 2.32. The van der Waals surface area contributed by atoms with E-state index < -0.39 is 0 Å². The van der Waals surface area contributed by atoms with Gasteiger partial charge in [-0.15, -0.1) is 0 Å². The molecule has 0 bridgehead atoms. The summed E-state index contributed by atoms with van der Waals surface area (Å²) in [6.45, 7) is 0. The average Bonchev–Trinajstić information content (AvgIpc) is 2.54. The molecule has 0 unspecified atom stereocenters. The van der Waals surface area contributed by atoms with Crippen LogP contribution < -0.4 is 10.6 Å². The van der Waals surface area contributed by atoms with Crippen molar-refractivity contribution in [3.05, 3.63) is 76.8 Å². The number of rotatable bonds is 2. The molecular weight excluding hydrogens is 372 g/mol. The van der Waals surface area contributed by atoms with Gasteiger partial charge in [-0.25, -0.2) is 4.79 Å². The third kappa shape index (κ3) is 3.75. The number of benzene rings is 3. The van der Waals surface area contributed by atoms with E-state index in [1.807, 2.05) is 66.7 Å². The molecule has 23 heavy (non-hydrogen) atoms. The maximum atomic E-state index is 12.1. The number of fused-ring (bicyclic) bond motifs is 1. The van der Waals surface area contributed by atoms with Gasteiger partial charge < -0.3 is 5.32 Å².